The number of rotatable bonds is 5. The van der Waals surface area contributed by atoms with Gasteiger partial charge in [-0.15, -0.1) is 0 Å². The number of carbonyl (C=O) groups is 1. The molecule has 1 atom stereocenters. The summed E-state index contributed by atoms with van der Waals surface area (Å²) in [7, 11) is 0. The van der Waals surface area contributed by atoms with E-state index in [0.717, 1.165) is 13.0 Å². The maximum atomic E-state index is 11.3. The summed E-state index contributed by atoms with van der Waals surface area (Å²) in [4.78, 5) is 13.6. The molecule has 1 aliphatic rings. The Balaban J connectivity index is 2.62. The molecule has 2 N–H and O–H groups in total. The van der Waals surface area contributed by atoms with Crippen LogP contribution >= 0.6 is 0 Å². The summed E-state index contributed by atoms with van der Waals surface area (Å²) in [6, 6.07) is 0.542. The Labute approximate surface area is 86.6 Å². The Morgan fingerprint density at radius 2 is 2.00 bits per heavy atom. The second-order valence-corrected chi connectivity index (χ2v) is 4.10. The van der Waals surface area contributed by atoms with Crippen LogP contribution in [-0.2, 0) is 4.79 Å². The number of carbonyl (C=O) groups excluding carboxylic acids is 1. The molecule has 3 nitrogen and oxygen atoms in total. The molecule has 1 unspecified atom stereocenters. The van der Waals surface area contributed by atoms with Crippen molar-refractivity contribution in [2.75, 3.05) is 6.54 Å². The predicted octanol–water partition coefficient (Wildman–Crippen LogP) is 1.51. The van der Waals surface area contributed by atoms with Gasteiger partial charge in [0.2, 0.25) is 5.91 Å². The fraction of sp³-hybridized carbons (Fsp3) is 0.909. The minimum absolute atomic E-state index is 0.0527. The van der Waals surface area contributed by atoms with Crippen LogP contribution in [0.2, 0.25) is 0 Å². The summed E-state index contributed by atoms with van der Waals surface area (Å²) in [6.07, 6.45) is 5.90. The van der Waals surface area contributed by atoms with Crippen LogP contribution in [0.1, 0.15) is 46.0 Å². The fourth-order valence-corrected chi connectivity index (χ4v) is 2.57. The van der Waals surface area contributed by atoms with E-state index >= 15 is 0 Å². The Kier molecular flexibility index (Phi) is 4.39. The number of nitrogens with two attached hydrogens (primary N) is 1. The number of nitrogens with zero attached hydrogens (tertiary/aromatic N) is 1. The van der Waals surface area contributed by atoms with E-state index < -0.39 is 0 Å². The standard InChI is InChI=1S/C11H22N2O/c1-3-10(11(12)14)13(4-2)9-7-5-6-8-9/h9-10H,3-8H2,1-2H3,(H2,12,14). The zero-order valence-corrected chi connectivity index (χ0v) is 9.33. The topological polar surface area (TPSA) is 46.3 Å². The average molecular weight is 198 g/mol. The molecule has 82 valence electrons. The zero-order chi connectivity index (χ0) is 10.6. The molecule has 1 aliphatic carbocycles. The first-order chi connectivity index (χ1) is 6.70. The van der Waals surface area contributed by atoms with Gasteiger partial charge in [-0.1, -0.05) is 26.7 Å². The molecule has 1 rings (SSSR count). The van der Waals surface area contributed by atoms with E-state index in [0.29, 0.717) is 6.04 Å². The quantitative estimate of drug-likeness (QED) is 0.728. The van der Waals surface area contributed by atoms with Crippen molar-refractivity contribution < 1.29 is 4.79 Å². The highest BCUT2D eigenvalue weighted by Crippen LogP contribution is 2.25. The van der Waals surface area contributed by atoms with Crippen LogP contribution < -0.4 is 5.73 Å². The van der Waals surface area contributed by atoms with E-state index in [1.54, 1.807) is 0 Å². The van der Waals surface area contributed by atoms with Crippen LogP contribution in [-0.4, -0.2) is 29.4 Å². The summed E-state index contributed by atoms with van der Waals surface area (Å²) >= 11 is 0. The normalized spacial score (nSPS) is 20.2. The van der Waals surface area contributed by atoms with Crippen molar-refractivity contribution in [1.82, 2.24) is 4.90 Å². The van der Waals surface area contributed by atoms with Crippen molar-refractivity contribution in [3.05, 3.63) is 0 Å². The molecule has 1 saturated carbocycles. The third kappa shape index (κ3) is 2.47. The fourth-order valence-electron chi connectivity index (χ4n) is 2.57. The first-order valence-electron chi connectivity index (χ1n) is 5.75. The number of hydrogen-bond donors (Lipinski definition) is 1. The smallest absolute Gasteiger partial charge is 0.234 e. The molecule has 0 bridgehead atoms. The van der Waals surface area contributed by atoms with E-state index in [-0.39, 0.29) is 11.9 Å². The van der Waals surface area contributed by atoms with E-state index in [1.165, 1.54) is 25.7 Å². The minimum Gasteiger partial charge on any atom is -0.368 e. The van der Waals surface area contributed by atoms with Gasteiger partial charge in [-0.25, -0.2) is 0 Å². The Bertz CT molecular complexity index is 188. The van der Waals surface area contributed by atoms with Crippen molar-refractivity contribution in [3.8, 4) is 0 Å². The predicted molar refractivity (Wildman–Crippen MR) is 57.9 cm³/mol. The van der Waals surface area contributed by atoms with Crippen molar-refractivity contribution in [2.45, 2.75) is 58.0 Å². The summed E-state index contributed by atoms with van der Waals surface area (Å²) in [5, 5.41) is 0. The van der Waals surface area contributed by atoms with Gasteiger partial charge in [0, 0.05) is 6.04 Å². The molecule has 0 radical (unpaired) electrons. The molecule has 14 heavy (non-hydrogen) atoms. The van der Waals surface area contributed by atoms with Crippen molar-refractivity contribution >= 4 is 5.91 Å². The third-order valence-electron chi connectivity index (χ3n) is 3.27. The van der Waals surface area contributed by atoms with Gasteiger partial charge >= 0.3 is 0 Å². The molecular weight excluding hydrogens is 176 g/mol. The van der Waals surface area contributed by atoms with Crippen molar-refractivity contribution in [3.63, 3.8) is 0 Å². The number of primary amides is 1. The molecule has 0 aliphatic heterocycles. The second kappa shape index (κ2) is 5.35. The van der Waals surface area contributed by atoms with E-state index in [2.05, 4.69) is 11.8 Å². The molecular formula is C11H22N2O. The van der Waals surface area contributed by atoms with E-state index in [4.69, 9.17) is 5.73 Å². The molecule has 3 heteroatoms. The molecule has 0 aromatic carbocycles. The minimum atomic E-state index is -0.166. The zero-order valence-electron chi connectivity index (χ0n) is 9.33. The highest BCUT2D eigenvalue weighted by atomic mass is 16.1. The Hall–Kier alpha value is -0.570. The van der Waals surface area contributed by atoms with Gasteiger partial charge in [0.05, 0.1) is 6.04 Å². The second-order valence-electron chi connectivity index (χ2n) is 4.10. The third-order valence-corrected chi connectivity index (χ3v) is 3.27. The monoisotopic (exact) mass is 198 g/mol. The van der Waals surface area contributed by atoms with Gasteiger partial charge in [0.15, 0.2) is 0 Å². The number of amides is 1. The van der Waals surface area contributed by atoms with Crippen LogP contribution in [0.25, 0.3) is 0 Å². The summed E-state index contributed by atoms with van der Waals surface area (Å²) in [5.74, 6) is -0.166. The van der Waals surface area contributed by atoms with E-state index in [1.807, 2.05) is 6.92 Å². The summed E-state index contributed by atoms with van der Waals surface area (Å²) in [5.41, 5.74) is 5.41. The molecule has 0 aromatic heterocycles. The van der Waals surface area contributed by atoms with Crippen LogP contribution in [0.5, 0.6) is 0 Å². The summed E-state index contributed by atoms with van der Waals surface area (Å²) < 4.78 is 0. The van der Waals surface area contributed by atoms with Gasteiger partial charge in [-0.2, -0.15) is 0 Å². The first-order valence-corrected chi connectivity index (χ1v) is 5.75. The van der Waals surface area contributed by atoms with Gasteiger partial charge < -0.3 is 5.73 Å². The van der Waals surface area contributed by atoms with Crippen molar-refractivity contribution in [2.24, 2.45) is 5.73 Å². The SMILES string of the molecule is CCC(C(N)=O)N(CC)C1CCCC1. The highest BCUT2D eigenvalue weighted by Gasteiger charge is 2.29. The lowest BCUT2D eigenvalue weighted by Gasteiger charge is -2.33. The number of hydrogen-bond acceptors (Lipinski definition) is 2. The molecule has 0 spiro atoms. The van der Waals surface area contributed by atoms with Gasteiger partial charge in [0.25, 0.3) is 0 Å². The molecule has 0 aromatic rings. The Morgan fingerprint density at radius 3 is 2.36 bits per heavy atom. The van der Waals surface area contributed by atoms with Crippen LogP contribution in [0.3, 0.4) is 0 Å². The summed E-state index contributed by atoms with van der Waals surface area (Å²) in [6.45, 7) is 5.09. The van der Waals surface area contributed by atoms with Crippen molar-refractivity contribution in [1.29, 1.82) is 0 Å². The average Bonchev–Trinajstić information content (AvgIpc) is 2.65. The molecule has 1 amide bonds. The van der Waals surface area contributed by atoms with E-state index in [9.17, 15) is 4.79 Å². The maximum Gasteiger partial charge on any atom is 0.234 e. The number of likely N-dealkylation sites (N-methyl/N-ethyl adjacent to an activating group) is 1. The lowest BCUT2D eigenvalue weighted by Crippen LogP contribution is -2.48. The molecule has 1 fully saturated rings. The largest absolute Gasteiger partial charge is 0.368 e. The van der Waals surface area contributed by atoms with Gasteiger partial charge in [-0.3, -0.25) is 9.69 Å². The van der Waals surface area contributed by atoms with Crippen LogP contribution in [0.4, 0.5) is 0 Å². The lowest BCUT2D eigenvalue weighted by molar-refractivity contribution is -0.124. The highest BCUT2D eigenvalue weighted by molar-refractivity contribution is 5.79. The lowest BCUT2D eigenvalue weighted by atomic mass is 10.1. The molecule has 0 saturated heterocycles. The van der Waals surface area contributed by atoms with Crippen LogP contribution in [0, 0.1) is 0 Å². The molecule has 0 heterocycles. The Morgan fingerprint density at radius 1 is 1.43 bits per heavy atom. The van der Waals surface area contributed by atoms with Gasteiger partial charge in [-0.05, 0) is 25.8 Å². The van der Waals surface area contributed by atoms with Gasteiger partial charge in [0.1, 0.15) is 0 Å². The van der Waals surface area contributed by atoms with Crippen LogP contribution in [0.15, 0.2) is 0 Å². The maximum absolute atomic E-state index is 11.3. The first kappa shape index (κ1) is 11.5.